The number of aliphatic hydroxyl groups is 1. The van der Waals surface area contributed by atoms with Crippen LogP contribution in [0.3, 0.4) is 0 Å². The lowest BCUT2D eigenvalue weighted by molar-refractivity contribution is 0.0192. The highest BCUT2D eigenvalue weighted by Crippen LogP contribution is 2.36. The Kier molecular flexibility index (Phi) is 3.48. The van der Waals surface area contributed by atoms with Crippen molar-refractivity contribution in [1.82, 2.24) is 0 Å². The van der Waals surface area contributed by atoms with Crippen LogP contribution in [0.1, 0.15) is 12.8 Å². The van der Waals surface area contributed by atoms with Crippen molar-refractivity contribution in [2.45, 2.75) is 29.9 Å². The Balaban J connectivity index is 1.73. The van der Waals surface area contributed by atoms with E-state index in [2.05, 4.69) is 0 Å². The largest absolute Gasteiger partial charge is 0.495 e. The van der Waals surface area contributed by atoms with Crippen molar-refractivity contribution in [2.75, 3.05) is 12.4 Å². The number of thioether (sulfide) groups is 1. The predicted octanol–water partition coefficient (Wildman–Crippen LogP) is 2.59. The number of benzene rings is 1. The van der Waals surface area contributed by atoms with E-state index in [1.165, 1.54) is 0 Å². The van der Waals surface area contributed by atoms with Crippen LogP contribution in [-0.2, 0) is 4.74 Å². The Labute approximate surface area is 111 Å². The van der Waals surface area contributed by atoms with Crippen molar-refractivity contribution in [3.63, 3.8) is 0 Å². The minimum atomic E-state index is -0.661. The first-order valence-electron chi connectivity index (χ1n) is 6.24. The normalized spacial score (nSPS) is 24.3. The molecule has 0 bridgehead atoms. The number of hydrogen-bond donors (Lipinski definition) is 1. The van der Waals surface area contributed by atoms with Gasteiger partial charge in [-0.15, -0.1) is 11.8 Å². The number of aliphatic hydroxyl groups excluding tert-OH is 1. The summed E-state index contributed by atoms with van der Waals surface area (Å²) in [6.45, 7) is 0.694. The zero-order chi connectivity index (χ0) is 12.4. The van der Waals surface area contributed by atoms with Crippen LogP contribution in [0.5, 0.6) is 5.75 Å². The number of ether oxygens (including phenoxy) is 2. The fourth-order valence-electron chi connectivity index (χ4n) is 2.16. The number of hydrogen-bond acceptors (Lipinski definition) is 4. The van der Waals surface area contributed by atoms with Gasteiger partial charge in [0.25, 0.3) is 0 Å². The standard InChI is InChI=1S/C14H16O3S/c15-14(11-6-3-4-8-16-11)12-9-18-13-7-2-1-5-10(13)17-12/h1-2,5-7,12,14-15H,3-4,8-9H2. The molecule has 3 rings (SSSR count). The van der Waals surface area contributed by atoms with Crippen molar-refractivity contribution in [2.24, 2.45) is 0 Å². The van der Waals surface area contributed by atoms with Gasteiger partial charge in [-0.1, -0.05) is 12.1 Å². The summed E-state index contributed by atoms with van der Waals surface area (Å²) in [5.74, 6) is 2.28. The van der Waals surface area contributed by atoms with Crippen LogP contribution < -0.4 is 4.74 Å². The van der Waals surface area contributed by atoms with Crippen LogP contribution in [0.2, 0.25) is 0 Å². The molecule has 0 amide bonds. The summed E-state index contributed by atoms with van der Waals surface area (Å²) >= 11 is 1.72. The molecule has 0 saturated carbocycles. The maximum atomic E-state index is 10.3. The quantitative estimate of drug-likeness (QED) is 0.891. The van der Waals surface area contributed by atoms with E-state index in [0.29, 0.717) is 12.4 Å². The van der Waals surface area contributed by atoms with Gasteiger partial charge in [0.05, 0.1) is 6.61 Å². The van der Waals surface area contributed by atoms with Crippen molar-refractivity contribution in [1.29, 1.82) is 0 Å². The summed E-state index contributed by atoms with van der Waals surface area (Å²) in [7, 11) is 0. The highest BCUT2D eigenvalue weighted by atomic mass is 32.2. The van der Waals surface area contributed by atoms with E-state index >= 15 is 0 Å². The summed E-state index contributed by atoms with van der Waals surface area (Å²) < 4.78 is 11.4. The van der Waals surface area contributed by atoms with Gasteiger partial charge in [0.2, 0.25) is 0 Å². The molecule has 18 heavy (non-hydrogen) atoms. The molecule has 2 heterocycles. The monoisotopic (exact) mass is 264 g/mol. The molecule has 4 heteroatoms. The highest BCUT2D eigenvalue weighted by Gasteiger charge is 2.30. The maximum absolute atomic E-state index is 10.3. The Hall–Kier alpha value is -1.13. The molecular formula is C14H16O3S. The van der Waals surface area contributed by atoms with Gasteiger partial charge in [-0.25, -0.2) is 0 Å². The molecule has 0 aromatic heterocycles. The molecule has 96 valence electrons. The minimum Gasteiger partial charge on any atom is -0.495 e. The average molecular weight is 264 g/mol. The second-order valence-corrected chi connectivity index (χ2v) is 5.52. The molecule has 0 saturated heterocycles. The van der Waals surface area contributed by atoms with Gasteiger partial charge in [0.15, 0.2) is 0 Å². The molecule has 1 aromatic carbocycles. The van der Waals surface area contributed by atoms with E-state index in [1.54, 1.807) is 11.8 Å². The second kappa shape index (κ2) is 5.24. The smallest absolute Gasteiger partial charge is 0.148 e. The van der Waals surface area contributed by atoms with Gasteiger partial charge in [-0.2, -0.15) is 0 Å². The Morgan fingerprint density at radius 2 is 2.22 bits per heavy atom. The SMILES string of the molecule is OC(C1=CCCCO1)C1CSc2ccccc2O1. The molecular weight excluding hydrogens is 248 g/mol. The van der Waals surface area contributed by atoms with Crippen LogP contribution in [-0.4, -0.2) is 29.7 Å². The number of rotatable bonds is 2. The van der Waals surface area contributed by atoms with Gasteiger partial charge in [0.1, 0.15) is 23.7 Å². The summed E-state index contributed by atoms with van der Waals surface area (Å²) in [6, 6.07) is 7.93. The van der Waals surface area contributed by atoms with Crippen LogP contribution in [0.25, 0.3) is 0 Å². The lowest BCUT2D eigenvalue weighted by Gasteiger charge is -2.31. The molecule has 0 aliphatic carbocycles. The van der Waals surface area contributed by atoms with E-state index in [0.717, 1.165) is 29.2 Å². The van der Waals surface area contributed by atoms with Gasteiger partial charge in [0, 0.05) is 10.6 Å². The molecule has 2 atom stereocenters. The Morgan fingerprint density at radius 3 is 3.06 bits per heavy atom. The maximum Gasteiger partial charge on any atom is 0.148 e. The van der Waals surface area contributed by atoms with Crippen LogP contribution in [0.15, 0.2) is 41.0 Å². The molecule has 1 aromatic rings. The average Bonchev–Trinajstić information content (AvgIpc) is 2.47. The van der Waals surface area contributed by atoms with Crippen LogP contribution in [0, 0.1) is 0 Å². The number of para-hydroxylation sites is 1. The zero-order valence-corrected chi connectivity index (χ0v) is 10.9. The van der Waals surface area contributed by atoms with E-state index < -0.39 is 6.10 Å². The lowest BCUT2D eigenvalue weighted by Crippen LogP contribution is -2.38. The first kappa shape index (κ1) is 11.9. The molecule has 2 unspecified atom stereocenters. The second-order valence-electron chi connectivity index (χ2n) is 4.46. The molecule has 2 aliphatic heterocycles. The van der Waals surface area contributed by atoms with E-state index in [9.17, 15) is 5.11 Å². The Bertz CT molecular complexity index is 458. The molecule has 0 spiro atoms. The lowest BCUT2D eigenvalue weighted by atomic mass is 10.1. The third-order valence-electron chi connectivity index (χ3n) is 3.14. The summed E-state index contributed by atoms with van der Waals surface area (Å²) in [5, 5.41) is 10.3. The number of fused-ring (bicyclic) bond motifs is 1. The first-order chi connectivity index (χ1) is 8.84. The van der Waals surface area contributed by atoms with Gasteiger partial charge < -0.3 is 14.6 Å². The van der Waals surface area contributed by atoms with Crippen LogP contribution >= 0.6 is 11.8 Å². The Morgan fingerprint density at radius 1 is 1.33 bits per heavy atom. The minimum absolute atomic E-state index is 0.228. The third kappa shape index (κ3) is 2.35. The fourth-order valence-corrected chi connectivity index (χ4v) is 3.18. The zero-order valence-electron chi connectivity index (χ0n) is 10.0. The van der Waals surface area contributed by atoms with Crippen molar-refractivity contribution >= 4 is 11.8 Å². The summed E-state index contributed by atoms with van der Waals surface area (Å²) in [6.07, 6.45) is 3.09. The number of allylic oxidation sites excluding steroid dienone is 1. The first-order valence-corrected chi connectivity index (χ1v) is 7.22. The van der Waals surface area contributed by atoms with Crippen molar-refractivity contribution < 1.29 is 14.6 Å². The third-order valence-corrected chi connectivity index (χ3v) is 4.28. The van der Waals surface area contributed by atoms with Crippen LogP contribution in [0.4, 0.5) is 0 Å². The molecule has 0 fully saturated rings. The highest BCUT2D eigenvalue weighted by molar-refractivity contribution is 7.99. The van der Waals surface area contributed by atoms with Crippen molar-refractivity contribution in [3.8, 4) is 5.75 Å². The topological polar surface area (TPSA) is 38.7 Å². The van der Waals surface area contributed by atoms with Gasteiger partial charge in [-0.05, 0) is 31.1 Å². The summed E-state index contributed by atoms with van der Waals surface area (Å²) in [4.78, 5) is 1.14. The molecule has 3 nitrogen and oxygen atoms in total. The van der Waals surface area contributed by atoms with E-state index in [1.807, 2.05) is 30.3 Å². The fraction of sp³-hybridized carbons (Fsp3) is 0.429. The molecule has 1 N–H and O–H groups in total. The van der Waals surface area contributed by atoms with Crippen molar-refractivity contribution in [3.05, 3.63) is 36.1 Å². The van der Waals surface area contributed by atoms with Gasteiger partial charge >= 0.3 is 0 Å². The van der Waals surface area contributed by atoms with Gasteiger partial charge in [-0.3, -0.25) is 0 Å². The summed E-state index contributed by atoms with van der Waals surface area (Å²) in [5.41, 5.74) is 0. The molecule has 2 aliphatic rings. The van der Waals surface area contributed by atoms with E-state index in [-0.39, 0.29) is 6.10 Å². The van der Waals surface area contributed by atoms with E-state index in [4.69, 9.17) is 9.47 Å². The predicted molar refractivity (Wildman–Crippen MR) is 70.9 cm³/mol. The molecule has 0 radical (unpaired) electrons.